The summed E-state index contributed by atoms with van der Waals surface area (Å²) in [6.07, 6.45) is 12.4. The van der Waals surface area contributed by atoms with Gasteiger partial charge in [-0.2, -0.15) is 5.10 Å². The fraction of sp³-hybridized carbons (Fsp3) is 0.600. The maximum atomic E-state index is 12.6. The van der Waals surface area contributed by atoms with Crippen LogP contribution < -0.4 is 10.9 Å². The second-order valence-electron chi connectivity index (χ2n) is 8.70. The van der Waals surface area contributed by atoms with Gasteiger partial charge in [-0.15, -0.1) is 0 Å². The van der Waals surface area contributed by atoms with Crippen molar-refractivity contribution >= 4 is 5.91 Å². The number of rotatable bonds is 5. The number of hydrogen-bond acceptors (Lipinski definition) is 4. The Kier molecular flexibility index (Phi) is 3.91. The molecule has 4 aliphatic rings. The van der Waals surface area contributed by atoms with Crippen molar-refractivity contribution in [2.45, 2.75) is 50.5 Å². The van der Waals surface area contributed by atoms with Crippen LogP contribution in [0, 0.1) is 17.8 Å². The van der Waals surface area contributed by atoms with Crippen LogP contribution in [0.25, 0.3) is 0 Å². The minimum absolute atomic E-state index is 0.0308. The molecule has 7 heteroatoms. The standard InChI is InChI=1S/C20H25N5O2/c26-17(21-3-5-25-4-1-2-23-25)16-12-22-19(24-18(16)27)20-9-13-6-14(10-20)8-15(7-13)11-20/h1-2,4,12-15H,3,5-11H2,(H,21,26)(H,22,24,27). The predicted molar refractivity (Wildman–Crippen MR) is 99.3 cm³/mol. The first kappa shape index (κ1) is 16.7. The molecule has 0 unspecified atom stereocenters. The zero-order chi connectivity index (χ0) is 18.4. The van der Waals surface area contributed by atoms with Crippen molar-refractivity contribution in [2.24, 2.45) is 17.8 Å². The molecule has 4 fully saturated rings. The third kappa shape index (κ3) is 2.99. The van der Waals surface area contributed by atoms with Gasteiger partial charge in [0.05, 0.1) is 6.54 Å². The summed E-state index contributed by atoms with van der Waals surface area (Å²) in [5.41, 5.74) is -0.209. The van der Waals surface area contributed by atoms with E-state index < -0.39 is 0 Å². The van der Waals surface area contributed by atoms with E-state index in [-0.39, 0.29) is 22.4 Å². The van der Waals surface area contributed by atoms with Gasteiger partial charge >= 0.3 is 0 Å². The minimum atomic E-state index is -0.382. The first-order valence-corrected chi connectivity index (χ1v) is 9.97. The van der Waals surface area contributed by atoms with Gasteiger partial charge in [-0.3, -0.25) is 14.3 Å². The third-order valence-corrected chi connectivity index (χ3v) is 6.77. The predicted octanol–water partition coefficient (Wildman–Crippen LogP) is 1.86. The van der Waals surface area contributed by atoms with Crippen LogP contribution in [-0.4, -0.2) is 32.2 Å². The number of hydrogen-bond donors (Lipinski definition) is 2. The first-order valence-electron chi connectivity index (χ1n) is 9.97. The number of nitrogens with zero attached hydrogens (tertiary/aromatic N) is 3. The molecule has 0 saturated heterocycles. The summed E-state index contributed by atoms with van der Waals surface area (Å²) in [5, 5.41) is 6.86. The van der Waals surface area contributed by atoms with Crippen molar-refractivity contribution in [1.82, 2.24) is 25.1 Å². The summed E-state index contributed by atoms with van der Waals surface area (Å²) in [6, 6.07) is 1.83. The molecule has 0 atom stereocenters. The van der Waals surface area contributed by atoms with E-state index >= 15 is 0 Å². The third-order valence-electron chi connectivity index (χ3n) is 6.77. The number of carbonyl (C=O) groups excluding carboxylic acids is 1. The highest BCUT2D eigenvalue weighted by atomic mass is 16.2. The van der Waals surface area contributed by atoms with E-state index in [0.717, 1.165) is 42.8 Å². The number of amides is 1. The van der Waals surface area contributed by atoms with Crippen LogP contribution in [0.15, 0.2) is 29.5 Å². The van der Waals surface area contributed by atoms with Crippen LogP contribution in [0.3, 0.4) is 0 Å². The molecule has 4 aliphatic carbocycles. The Bertz CT molecular complexity index is 866. The van der Waals surface area contributed by atoms with E-state index in [0.29, 0.717) is 13.1 Å². The van der Waals surface area contributed by atoms with Gasteiger partial charge in [0.15, 0.2) is 0 Å². The van der Waals surface area contributed by atoms with Gasteiger partial charge in [-0.05, 0) is 62.3 Å². The Labute approximate surface area is 157 Å². The lowest BCUT2D eigenvalue weighted by molar-refractivity contribution is -0.00953. The fourth-order valence-electron chi connectivity index (χ4n) is 6.04. The number of aromatic nitrogens is 4. The molecule has 6 rings (SSSR count). The fourth-order valence-corrected chi connectivity index (χ4v) is 6.04. The van der Waals surface area contributed by atoms with Crippen LogP contribution in [0.2, 0.25) is 0 Å². The van der Waals surface area contributed by atoms with Crippen LogP contribution >= 0.6 is 0 Å². The Balaban J connectivity index is 1.31. The quantitative estimate of drug-likeness (QED) is 0.844. The number of aromatic amines is 1. The maximum Gasteiger partial charge on any atom is 0.263 e. The normalized spacial score (nSPS) is 31.2. The molecule has 2 N–H and O–H groups in total. The summed E-state index contributed by atoms with van der Waals surface area (Å²) in [6.45, 7) is 0.978. The Morgan fingerprint density at radius 3 is 2.52 bits per heavy atom. The highest BCUT2D eigenvalue weighted by molar-refractivity contribution is 5.93. The van der Waals surface area contributed by atoms with Gasteiger partial charge in [0.1, 0.15) is 11.4 Å². The highest BCUT2D eigenvalue weighted by Gasteiger charge is 2.52. The maximum absolute atomic E-state index is 12.6. The molecule has 0 aromatic carbocycles. The molecule has 4 bridgehead atoms. The molecule has 2 aromatic rings. The van der Waals surface area contributed by atoms with Crippen molar-refractivity contribution in [2.75, 3.05) is 6.54 Å². The van der Waals surface area contributed by atoms with E-state index in [9.17, 15) is 9.59 Å². The molecule has 142 valence electrons. The molecule has 4 saturated carbocycles. The van der Waals surface area contributed by atoms with Crippen LogP contribution in [0.5, 0.6) is 0 Å². The smallest absolute Gasteiger partial charge is 0.263 e. The van der Waals surface area contributed by atoms with Gasteiger partial charge in [0.2, 0.25) is 0 Å². The Morgan fingerprint density at radius 2 is 1.93 bits per heavy atom. The summed E-state index contributed by atoms with van der Waals surface area (Å²) in [7, 11) is 0. The van der Waals surface area contributed by atoms with E-state index in [1.807, 2.05) is 12.3 Å². The monoisotopic (exact) mass is 367 g/mol. The Hall–Kier alpha value is -2.44. The number of nitrogens with one attached hydrogen (secondary N) is 2. The molecule has 2 aromatic heterocycles. The summed E-state index contributed by atoms with van der Waals surface area (Å²) in [5.74, 6) is 2.78. The largest absolute Gasteiger partial charge is 0.350 e. The minimum Gasteiger partial charge on any atom is -0.350 e. The van der Waals surface area contributed by atoms with Crippen molar-refractivity contribution < 1.29 is 4.79 Å². The van der Waals surface area contributed by atoms with Gasteiger partial charge in [-0.1, -0.05) is 0 Å². The van der Waals surface area contributed by atoms with Crippen LogP contribution in [0.1, 0.15) is 54.7 Å². The zero-order valence-corrected chi connectivity index (χ0v) is 15.4. The van der Waals surface area contributed by atoms with E-state index in [1.54, 1.807) is 10.9 Å². The molecule has 2 heterocycles. The lowest BCUT2D eigenvalue weighted by atomic mass is 9.49. The molecule has 1 amide bonds. The summed E-state index contributed by atoms with van der Waals surface area (Å²) < 4.78 is 1.74. The van der Waals surface area contributed by atoms with Gasteiger partial charge in [0, 0.05) is 30.6 Å². The second-order valence-corrected chi connectivity index (χ2v) is 8.70. The molecular weight excluding hydrogens is 342 g/mol. The average molecular weight is 367 g/mol. The lowest BCUT2D eigenvalue weighted by Gasteiger charge is -2.56. The number of carbonyl (C=O) groups is 1. The average Bonchev–Trinajstić information content (AvgIpc) is 3.14. The van der Waals surface area contributed by atoms with Gasteiger partial charge < -0.3 is 10.3 Å². The number of H-pyrrole nitrogens is 1. The topological polar surface area (TPSA) is 92.7 Å². The first-order chi connectivity index (χ1) is 13.1. The van der Waals surface area contributed by atoms with Crippen molar-refractivity contribution in [3.8, 4) is 0 Å². The Morgan fingerprint density at radius 1 is 1.22 bits per heavy atom. The van der Waals surface area contributed by atoms with E-state index in [2.05, 4.69) is 20.4 Å². The van der Waals surface area contributed by atoms with Gasteiger partial charge in [0.25, 0.3) is 11.5 Å². The summed E-state index contributed by atoms with van der Waals surface area (Å²) >= 11 is 0. The molecule has 0 radical (unpaired) electrons. The molecule has 0 spiro atoms. The molecular formula is C20H25N5O2. The molecule has 7 nitrogen and oxygen atoms in total. The highest BCUT2D eigenvalue weighted by Crippen LogP contribution is 2.59. The van der Waals surface area contributed by atoms with Gasteiger partial charge in [-0.25, -0.2) is 4.98 Å². The molecule has 27 heavy (non-hydrogen) atoms. The molecule has 0 aliphatic heterocycles. The van der Waals surface area contributed by atoms with Crippen molar-refractivity contribution in [3.05, 3.63) is 46.4 Å². The van der Waals surface area contributed by atoms with Crippen LogP contribution in [-0.2, 0) is 12.0 Å². The lowest BCUT2D eigenvalue weighted by Crippen LogP contribution is -2.50. The SMILES string of the molecule is O=C(NCCn1cccn1)c1cnc(C23CC4CC(CC(C4)C2)C3)[nH]c1=O. The van der Waals surface area contributed by atoms with Crippen LogP contribution in [0.4, 0.5) is 0 Å². The van der Waals surface area contributed by atoms with Crippen molar-refractivity contribution in [3.63, 3.8) is 0 Å². The van der Waals surface area contributed by atoms with E-state index in [4.69, 9.17) is 0 Å². The summed E-state index contributed by atoms with van der Waals surface area (Å²) in [4.78, 5) is 32.5. The van der Waals surface area contributed by atoms with Crippen molar-refractivity contribution in [1.29, 1.82) is 0 Å². The zero-order valence-electron chi connectivity index (χ0n) is 15.4. The van der Waals surface area contributed by atoms with E-state index in [1.165, 1.54) is 25.5 Å². The second kappa shape index (κ2) is 6.32.